The molecule has 1 saturated heterocycles. The van der Waals surface area contributed by atoms with Gasteiger partial charge < -0.3 is 29.2 Å². The van der Waals surface area contributed by atoms with Crippen molar-refractivity contribution in [3.8, 4) is 0 Å². The summed E-state index contributed by atoms with van der Waals surface area (Å²) in [5.41, 5.74) is 0. The zero-order valence-corrected chi connectivity index (χ0v) is 14.6. The second-order valence-electron chi connectivity index (χ2n) is 4.83. The van der Waals surface area contributed by atoms with Gasteiger partial charge in [0, 0.05) is 23.0 Å². The highest BCUT2D eigenvalue weighted by Gasteiger charge is 2.07. The SMILES string of the molecule is OC1COCCOCCOCCOCC(O)CSCCSC1. The van der Waals surface area contributed by atoms with Crippen LogP contribution in [0.3, 0.4) is 0 Å². The van der Waals surface area contributed by atoms with Gasteiger partial charge in [0.1, 0.15) is 0 Å². The van der Waals surface area contributed by atoms with Crippen LogP contribution in [0, 0.1) is 0 Å². The lowest BCUT2D eigenvalue weighted by Crippen LogP contribution is -2.21. The summed E-state index contributed by atoms with van der Waals surface area (Å²) in [5, 5.41) is 19.5. The number of hydrogen-bond acceptors (Lipinski definition) is 8. The zero-order valence-electron chi connectivity index (χ0n) is 13.0. The first kappa shape index (κ1) is 20.5. The number of thioether (sulfide) groups is 2. The lowest BCUT2D eigenvalue weighted by molar-refractivity contribution is -0.0203. The summed E-state index contributed by atoms with van der Waals surface area (Å²) in [5.74, 6) is 3.24. The normalized spacial score (nSPS) is 29.7. The third kappa shape index (κ3) is 13.0. The third-order valence-corrected chi connectivity index (χ3v) is 5.21. The molecule has 1 fully saturated rings. The number of ether oxygens (including phenoxy) is 4. The highest BCUT2D eigenvalue weighted by atomic mass is 32.2. The van der Waals surface area contributed by atoms with E-state index in [0.717, 1.165) is 11.5 Å². The lowest BCUT2D eigenvalue weighted by Gasteiger charge is -2.13. The maximum atomic E-state index is 9.74. The summed E-state index contributed by atoms with van der Waals surface area (Å²) in [7, 11) is 0. The Hall–Kier alpha value is 0.460. The first-order valence-corrected chi connectivity index (χ1v) is 9.92. The maximum absolute atomic E-state index is 9.74. The second-order valence-corrected chi connectivity index (χ2v) is 7.13. The third-order valence-electron chi connectivity index (χ3n) is 2.73. The summed E-state index contributed by atoms with van der Waals surface area (Å²) in [6.45, 7) is 3.69. The largest absolute Gasteiger partial charge is 0.390 e. The van der Waals surface area contributed by atoms with Crippen LogP contribution in [0.4, 0.5) is 0 Å². The molecule has 0 radical (unpaired) electrons. The molecule has 0 amide bonds. The van der Waals surface area contributed by atoms with E-state index >= 15 is 0 Å². The average Bonchev–Trinajstić information content (AvgIpc) is 2.50. The molecule has 0 spiro atoms. The molecular formula is C14H28O6S2. The van der Waals surface area contributed by atoms with Crippen molar-refractivity contribution in [2.75, 3.05) is 75.9 Å². The van der Waals surface area contributed by atoms with Crippen molar-refractivity contribution in [1.29, 1.82) is 0 Å². The minimum absolute atomic E-state index is 0.343. The molecule has 22 heavy (non-hydrogen) atoms. The average molecular weight is 357 g/mol. The molecule has 0 aromatic heterocycles. The lowest BCUT2D eigenvalue weighted by atomic mass is 10.4. The van der Waals surface area contributed by atoms with Gasteiger partial charge in [-0.2, -0.15) is 23.5 Å². The zero-order chi connectivity index (χ0) is 15.9. The molecule has 2 atom stereocenters. The van der Waals surface area contributed by atoms with Crippen molar-refractivity contribution in [1.82, 2.24) is 0 Å². The Kier molecular flexibility index (Phi) is 14.0. The van der Waals surface area contributed by atoms with Gasteiger partial charge in [-0.1, -0.05) is 0 Å². The monoisotopic (exact) mass is 356 g/mol. The minimum Gasteiger partial charge on any atom is -0.390 e. The molecule has 0 bridgehead atoms. The maximum Gasteiger partial charge on any atom is 0.0863 e. The fourth-order valence-corrected chi connectivity index (χ4v) is 3.66. The van der Waals surface area contributed by atoms with Crippen LogP contribution in [0.5, 0.6) is 0 Å². The standard InChI is InChI=1S/C14H28O6S2/c15-13-9-19-5-3-17-1-2-18-4-6-20-10-14(16)12-22-8-7-21-11-13/h13-16H,1-12H2. The van der Waals surface area contributed by atoms with Crippen LogP contribution in [0.15, 0.2) is 0 Å². The molecule has 0 aromatic carbocycles. The van der Waals surface area contributed by atoms with E-state index in [1.54, 1.807) is 23.5 Å². The number of rotatable bonds is 0. The Morgan fingerprint density at radius 1 is 0.591 bits per heavy atom. The first-order chi connectivity index (χ1) is 10.8. The summed E-state index contributed by atoms with van der Waals surface area (Å²) in [4.78, 5) is 0. The second kappa shape index (κ2) is 15.0. The summed E-state index contributed by atoms with van der Waals surface area (Å²) in [6.07, 6.45) is -0.883. The quantitative estimate of drug-likeness (QED) is 0.640. The summed E-state index contributed by atoms with van der Waals surface area (Å²) >= 11 is 3.40. The highest BCUT2D eigenvalue weighted by Crippen LogP contribution is 2.10. The van der Waals surface area contributed by atoms with Crippen LogP contribution in [-0.4, -0.2) is 98.3 Å². The van der Waals surface area contributed by atoms with Crippen molar-refractivity contribution in [3.63, 3.8) is 0 Å². The van der Waals surface area contributed by atoms with Crippen molar-refractivity contribution in [2.24, 2.45) is 0 Å². The summed E-state index contributed by atoms with van der Waals surface area (Å²) in [6, 6.07) is 0. The van der Waals surface area contributed by atoms with Crippen LogP contribution in [0.25, 0.3) is 0 Å². The molecule has 1 heterocycles. The molecule has 0 aromatic rings. The predicted molar refractivity (Wildman–Crippen MR) is 89.9 cm³/mol. The van der Waals surface area contributed by atoms with E-state index in [-0.39, 0.29) is 0 Å². The molecule has 8 heteroatoms. The molecule has 0 aliphatic carbocycles. The fraction of sp³-hybridized carbons (Fsp3) is 1.00. The van der Waals surface area contributed by atoms with Crippen LogP contribution in [-0.2, 0) is 18.9 Å². The van der Waals surface area contributed by atoms with E-state index in [0.29, 0.717) is 64.4 Å². The molecule has 1 aliphatic heterocycles. The summed E-state index contributed by atoms with van der Waals surface area (Å²) < 4.78 is 21.4. The van der Waals surface area contributed by atoms with Crippen molar-refractivity contribution in [2.45, 2.75) is 12.2 Å². The van der Waals surface area contributed by atoms with Gasteiger partial charge in [0.15, 0.2) is 0 Å². The smallest absolute Gasteiger partial charge is 0.0863 e. The molecular weight excluding hydrogens is 328 g/mol. The Balaban J connectivity index is 2.15. The molecule has 2 N–H and O–H groups in total. The number of aliphatic hydroxyl groups is 2. The molecule has 0 saturated carbocycles. The van der Waals surface area contributed by atoms with E-state index in [2.05, 4.69) is 0 Å². The fourth-order valence-electron chi connectivity index (χ4n) is 1.65. The Bertz CT molecular complexity index is 223. The molecule has 6 nitrogen and oxygen atoms in total. The minimum atomic E-state index is -0.442. The predicted octanol–water partition coefficient (Wildman–Crippen LogP) is 0.255. The van der Waals surface area contributed by atoms with Crippen molar-refractivity contribution < 1.29 is 29.2 Å². The van der Waals surface area contributed by atoms with Crippen LogP contribution in [0.1, 0.15) is 0 Å². The van der Waals surface area contributed by atoms with Gasteiger partial charge in [0.2, 0.25) is 0 Å². The number of hydrogen-bond donors (Lipinski definition) is 2. The van der Waals surface area contributed by atoms with Gasteiger partial charge in [-0.15, -0.1) is 0 Å². The molecule has 2 unspecified atom stereocenters. The van der Waals surface area contributed by atoms with Crippen LogP contribution < -0.4 is 0 Å². The van der Waals surface area contributed by atoms with E-state index in [4.69, 9.17) is 18.9 Å². The van der Waals surface area contributed by atoms with Crippen molar-refractivity contribution >= 4 is 23.5 Å². The van der Waals surface area contributed by atoms with Gasteiger partial charge in [-0.05, 0) is 0 Å². The number of aliphatic hydroxyl groups excluding tert-OH is 2. The molecule has 132 valence electrons. The van der Waals surface area contributed by atoms with E-state index < -0.39 is 12.2 Å². The topological polar surface area (TPSA) is 77.4 Å². The molecule has 1 aliphatic rings. The van der Waals surface area contributed by atoms with E-state index in [9.17, 15) is 10.2 Å². The molecule has 1 rings (SSSR count). The van der Waals surface area contributed by atoms with E-state index in [1.807, 2.05) is 0 Å². The van der Waals surface area contributed by atoms with Crippen LogP contribution >= 0.6 is 23.5 Å². The van der Waals surface area contributed by atoms with Crippen LogP contribution in [0.2, 0.25) is 0 Å². The Morgan fingerprint density at radius 3 is 1.36 bits per heavy atom. The Morgan fingerprint density at radius 2 is 0.955 bits per heavy atom. The highest BCUT2D eigenvalue weighted by molar-refractivity contribution is 8.02. The van der Waals surface area contributed by atoms with Gasteiger partial charge in [-0.3, -0.25) is 0 Å². The first-order valence-electron chi connectivity index (χ1n) is 7.61. The van der Waals surface area contributed by atoms with Gasteiger partial charge in [-0.25, -0.2) is 0 Å². The van der Waals surface area contributed by atoms with Gasteiger partial charge in [0.25, 0.3) is 0 Å². The van der Waals surface area contributed by atoms with E-state index in [1.165, 1.54) is 0 Å². The van der Waals surface area contributed by atoms with Gasteiger partial charge >= 0.3 is 0 Å². The van der Waals surface area contributed by atoms with Gasteiger partial charge in [0.05, 0.1) is 65.1 Å². The van der Waals surface area contributed by atoms with Crippen molar-refractivity contribution in [3.05, 3.63) is 0 Å². The Labute approximate surface area is 141 Å².